The van der Waals surface area contributed by atoms with Crippen molar-refractivity contribution in [1.29, 1.82) is 0 Å². The van der Waals surface area contributed by atoms with Crippen molar-refractivity contribution in [3.05, 3.63) is 17.8 Å². The largest absolute Gasteiger partial charge is 0.515 e. The third-order valence-corrected chi connectivity index (χ3v) is 3.29. The van der Waals surface area contributed by atoms with Crippen LogP contribution in [-0.2, 0) is 9.31 Å². The molecule has 1 aromatic heterocycles. The molecule has 0 spiro atoms. The maximum absolute atomic E-state index is 13.4. The number of hydrogen-bond donors (Lipinski definition) is 1. The first-order valence-corrected chi connectivity index (χ1v) is 5.12. The van der Waals surface area contributed by atoms with Crippen LogP contribution in [0, 0.1) is 11.6 Å². The van der Waals surface area contributed by atoms with Crippen molar-refractivity contribution >= 4 is 12.7 Å². The van der Waals surface area contributed by atoms with Gasteiger partial charge in [0.1, 0.15) is 0 Å². The molecule has 0 aliphatic carbocycles. The van der Waals surface area contributed by atoms with Crippen LogP contribution in [0.25, 0.3) is 0 Å². The molecule has 1 aromatic rings. The van der Waals surface area contributed by atoms with Gasteiger partial charge < -0.3 is 14.3 Å². The Kier molecular flexibility index (Phi) is 2.40. The third-order valence-electron chi connectivity index (χ3n) is 3.29. The molecule has 3 nitrogen and oxygen atoms in total. The summed E-state index contributed by atoms with van der Waals surface area (Å²) in [7, 11) is -0.894. The van der Waals surface area contributed by atoms with Gasteiger partial charge in [0.05, 0.1) is 16.8 Å². The van der Waals surface area contributed by atoms with Crippen molar-refractivity contribution in [3.63, 3.8) is 0 Å². The molecule has 0 bridgehead atoms. The maximum Gasteiger partial charge on any atom is 0.515 e. The monoisotopic (exact) mass is 229 g/mol. The lowest BCUT2D eigenvalue weighted by molar-refractivity contribution is 0.00578. The van der Waals surface area contributed by atoms with E-state index in [-0.39, 0.29) is 5.59 Å². The van der Waals surface area contributed by atoms with Crippen LogP contribution in [-0.4, -0.2) is 23.3 Å². The van der Waals surface area contributed by atoms with Gasteiger partial charge in [0.25, 0.3) is 0 Å². The van der Waals surface area contributed by atoms with Crippen LogP contribution in [0.4, 0.5) is 8.78 Å². The summed E-state index contributed by atoms with van der Waals surface area (Å²) in [6.07, 6.45) is 0.954. The average Bonchev–Trinajstić information content (AvgIpc) is 2.54. The number of hydrogen-bond acceptors (Lipinski definition) is 2. The minimum Gasteiger partial charge on any atom is -0.398 e. The topological polar surface area (TPSA) is 34.2 Å². The van der Waals surface area contributed by atoms with Crippen LogP contribution in [0.15, 0.2) is 6.20 Å². The zero-order valence-electron chi connectivity index (χ0n) is 9.73. The summed E-state index contributed by atoms with van der Waals surface area (Å²) >= 11 is 0. The van der Waals surface area contributed by atoms with Crippen molar-refractivity contribution < 1.29 is 18.1 Å². The van der Waals surface area contributed by atoms with Crippen molar-refractivity contribution in [1.82, 2.24) is 4.98 Å². The summed E-state index contributed by atoms with van der Waals surface area (Å²) in [6, 6.07) is 0. The summed E-state index contributed by atoms with van der Waals surface area (Å²) < 4.78 is 37.4. The second-order valence-electron chi connectivity index (χ2n) is 4.95. The van der Waals surface area contributed by atoms with Crippen LogP contribution in [0.5, 0.6) is 0 Å². The lowest BCUT2D eigenvalue weighted by Gasteiger charge is -2.32. The highest BCUT2D eigenvalue weighted by atomic mass is 19.2. The van der Waals surface area contributed by atoms with Gasteiger partial charge in [0, 0.05) is 6.20 Å². The van der Waals surface area contributed by atoms with Gasteiger partial charge in [-0.3, -0.25) is 0 Å². The van der Waals surface area contributed by atoms with E-state index in [1.54, 1.807) is 0 Å². The molecule has 2 rings (SSSR count). The molecule has 1 saturated heterocycles. The van der Waals surface area contributed by atoms with E-state index >= 15 is 0 Å². The molecule has 0 aromatic carbocycles. The maximum atomic E-state index is 13.4. The van der Waals surface area contributed by atoms with E-state index in [9.17, 15) is 8.78 Å². The van der Waals surface area contributed by atoms with Gasteiger partial charge in [0.2, 0.25) is 0 Å². The Bertz CT molecular complexity index is 401. The molecule has 0 amide bonds. The molecule has 0 unspecified atom stereocenters. The molecule has 1 N–H and O–H groups in total. The fourth-order valence-corrected chi connectivity index (χ4v) is 1.53. The summed E-state index contributed by atoms with van der Waals surface area (Å²) in [6.45, 7) is 7.41. The van der Waals surface area contributed by atoms with Gasteiger partial charge in [-0.05, 0) is 27.7 Å². The molecular formula is C10H14BF2NO2. The van der Waals surface area contributed by atoms with Crippen molar-refractivity contribution in [3.8, 4) is 0 Å². The van der Waals surface area contributed by atoms with Gasteiger partial charge in [-0.1, -0.05) is 0 Å². The minimum atomic E-state index is -0.946. The van der Waals surface area contributed by atoms with Crippen LogP contribution in [0.2, 0.25) is 0 Å². The van der Waals surface area contributed by atoms with Crippen LogP contribution in [0.3, 0.4) is 0 Å². The van der Waals surface area contributed by atoms with Crippen molar-refractivity contribution in [2.45, 2.75) is 38.9 Å². The number of aromatic amines is 1. The predicted molar refractivity (Wildman–Crippen MR) is 56.4 cm³/mol. The molecule has 0 radical (unpaired) electrons. The van der Waals surface area contributed by atoms with E-state index in [0.29, 0.717) is 0 Å². The Morgan fingerprint density at radius 2 is 1.62 bits per heavy atom. The first kappa shape index (κ1) is 11.6. The normalized spacial score (nSPS) is 22.8. The third kappa shape index (κ3) is 1.56. The fourth-order valence-electron chi connectivity index (χ4n) is 1.53. The number of aromatic nitrogens is 1. The van der Waals surface area contributed by atoms with E-state index in [2.05, 4.69) is 4.98 Å². The minimum absolute atomic E-state index is 0.00356. The second kappa shape index (κ2) is 3.31. The number of nitrogens with one attached hydrogen (secondary N) is 1. The highest BCUT2D eigenvalue weighted by molar-refractivity contribution is 6.61. The number of halogens is 2. The van der Waals surface area contributed by atoms with Crippen LogP contribution >= 0.6 is 0 Å². The second-order valence-corrected chi connectivity index (χ2v) is 4.95. The first-order valence-electron chi connectivity index (χ1n) is 5.12. The molecule has 0 atom stereocenters. The van der Waals surface area contributed by atoms with Crippen LogP contribution in [0.1, 0.15) is 27.7 Å². The molecular weight excluding hydrogens is 215 g/mol. The lowest BCUT2D eigenvalue weighted by Crippen LogP contribution is -2.41. The molecule has 0 saturated carbocycles. The van der Waals surface area contributed by atoms with Gasteiger partial charge in [0.15, 0.2) is 11.6 Å². The quantitative estimate of drug-likeness (QED) is 0.742. The number of rotatable bonds is 1. The molecule has 6 heteroatoms. The van der Waals surface area contributed by atoms with Crippen molar-refractivity contribution in [2.24, 2.45) is 0 Å². The highest BCUT2D eigenvalue weighted by Crippen LogP contribution is 2.36. The highest BCUT2D eigenvalue weighted by Gasteiger charge is 2.53. The van der Waals surface area contributed by atoms with Gasteiger partial charge in [-0.2, -0.15) is 0 Å². The lowest BCUT2D eigenvalue weighted by atomic mass is 9.85. The molecule has 2 heterocycles. The van der Waals surface area contributed by atoms with E-state index < -0.39 is 30.0 Å². The number of H-pyrrole nitrogens is 1. The Hall–Kier alpha value is -0.875. The zero-order chi connectivity index (χ0) is 12.1. The molecule has 1 fully saturated rings. The Labute approximate surface area is 93.3 Å². The van der Waals surface area contributed by atoms with Gasteiger partial charge in [-0.25, -0.2) is 8.78 Å². The van der Waals surface area contributed by atoms with E-state index in [1.165, 1.54) is 0 Å². The summed E-state index contributed by atoms with van der Waals surface area (Å²) in [5.41, 5.74) is -1.13. The Balaban J connectivity index is 2.30. The summed E-state index contributed by atoms with van der Waals surface area (Å²) in [5, 5.41) is 0. The molecule has 1 aliphatic rings. The van der Waals surface area contributed by atoms with Crippen molar-refractivity contribution in [2.75, 3.05) is 0 Å². The smallest absolute Gasteiger partial charge is 0.398 e. The van der Waals surface area contributed by atoms with E-state index in [1.807, 2.05) is 27.7 Å². The predicted octanol–water partition coefficient (Wildman–Crippen LogP) is 1.59. The Morgan fingerprint density at radius 3 is 2.00 bits per heavy atom. The Morgan fingerprint density at radius 1 is 1.12 bits per heavy atom. The fraction of sp³-hybridized carbons (Fsp3) is 0.600. The SMILES string of the molecule is CC1(C)OB(c2[nH]cc(F)c2F)OC1(C)C. The zero-order valence-corrected chi connectivity index (χ0v) is 9.73. The summed E-state index contributed by atoms with van der Waals surface area (Å²) in [4.78, 5) is 2.49. The van der Waals surface area contributed by atoms with E-state index in [0.717, 1.165) is 6.20 Å². The summed E-state index contributed by atoms with van der Waals surface area (Å²) in [5.74, 6) is -1.87. The van der Waals surface area contributed by atoms with Gasteiger partial charge >= 0.3 is 7.12 Å². The first-order chi connectivity index (χ1) is 7.24. The average molecular weight is 229 g/mol. The van der Waals surface area contributed by atoms with E-state index in [4.69, 9.17) is 9.31 Å². The standard InChI is InChI=1S/C10H14BF2NO2/c1-9(2)10(3,4)16-11(15-9)8-7(13)6(12)5-14-8/h5,14H,1-4H3. The molecule has 16 heavy (non-hydrogen) atoms. The molecule has 88 valence electrons. The van der Waals surface area contributed by atoms with Crippen LogP contribution < -0.4 is 5.59 Å². The van der Waals surface area contributed by atoms with Gasteiger partial charge in [-0.15, -0.1) is 0 Å². The molecule has 1 aliphatic heterocycles.